The van der Waals surface area contributed by atoms with Crippen LogP contribution in [-0.2, 0) is 20.1 Å². The molecule has 2 aromatic rings. The molecule has 0 fully saturated rings. The Balaban J connectivity index is 1.90. The minimum absolute atomic E-state index is 0.788. The number of hydrogen-bond acceptors (Lipinski definition) is 6. The molecule has 0 aliphatic heterocycles. The van der Waals surface area contributed by atoms with Gasteiger partial charge in [0, 0.05) is 26.0 Å². The monoisotopic (exact) mass is 266 g/mol. The lowest BCUT2D eigenvalue weighted by atomic mass is 10.5. The predicted molar refractivity (Wildman–Crippen MR) is 72.5 cm³/mol. The van der Waals surface area contributed by atoms with Gasteiger partial charge in [-0.05, 0) is 14.0 Å². The summed E-state index contributed by atoms with van der Waals surface area (Å²) in [6, 6.07) is 0. The third kappa shape index (κ3) is 3.27. The van der Waals surface area contributed by atoms with E-state index in [1.807, 2.05) is 30.9 Å². The van der Waals surface area contributed by atoms with Crippen molar-refractivity contribution >= 4 is 16.5 Å². The fraction of sp³-hybridized carbons (Fsp3) is 0.545. The van der Waals surface area contributed by atoms with Gasteiger partial charge < -0.3 is 9.88 Å². The van der Waals surface area contributed by atoms with Gasteiger partial charge >= 0.3 is 0 Å². The summed E-state index contributed by atoms with van der Waals surface area (Å²) in [4.78, 5) is 6.49. The summed E-state index contributed by atoms with van der Waals surface area (Å²) in [7, 11) is 4.06. The summed E-state index contributed by atoms with van der Waals surface area (Å²) in [5.41, 5.74) is 0. The molecule has 7 heteroatoms. The molecule has 0 bridgehead atoms. The van der Waals surface area contributed by atoms with Crippen molar-refractivity contribution in [2.75, 3.05) is 18.9 Å². The van der Waals surface area contributed by atoms with Crippen molar-refractivity contribution in [1.29, 1.82) is 0 Å². The van der Waals surface area contributed by atoms with Crippen LogP contribution in [0.2, 0.25) is 0 Å². The van der Waals surface area contributed by atoms with Gasteiger partial charge in [-0.1, -0.05) is 11.3 Å². The maximum atomic E-state index is 4.31. The molecular weight excluding hydrogens is 248 g/mol. The van der Waals surface area contributed by atoms with E-state index in [1.54, 1.807) is 11.3 Å². The third-order valence-corrected chi connectivity index (χ3v) is 3.40. The zero-order valence-electron chi connectivity index (χ0n) is 10.9. The number of nitrogens with one attached hydrogen (secondary N) is 1. The van der Waals surface area contributed by atoms with Crippen molar-refractivity contribution in [3.8, 4) is 0 Å². The zero-order chi connectivity index (χ0) is 13.0. The lowest BCUT2D eigenvalue weighted by Crippen LogP contribution is -2.19. The van der Waals surface area contributed by atoms with Crippen molar-refractivity contribution in [1.82, 2.24) is 24.6 Å². The van der Waals surface area contributed by atoms with Gasteiger partial charge in [0.25, 0.3) is 0 Å². The van der Waals surface area contributed by atoms with Crippen molar-refractivity contribution in [3.63, 3.8) is 0 Å². The molecule has 0 saturated carbocycles. The van der Waals surface area contributed by atoms with Gasteiger partial charge in [-0.3, -0.25) is 4.90 Å². The molecule has 2 heterocycles. The number of imidazole rings is 1. The summed E-state index contributed by atoms with van der Waals surface area (Å²) in [5.74, 6) is 1.05. The molecule has 0 unspecified atom stereocenters. The van der Waals surface area contributed by atoms with Crippen molar-refractivity contribution in [2.45, 2.75) is 20.0 Å². The summed E-state index contributed by atoms with van der Waals surface area (Å²) in [6.07, 6.45) is 3.77. The zero-order valence-corrected chi connectivity index (χ0v) is 11.7. The second kappa shape index (κ2) is 5.92. The normalized spacial score (nSPS) is 11.1. The van der Waals surface area contributed by atoms with Gasteiger partial charge in [0.2, 0.25) is 5.13 Å². The molecule has 0 aliphatic carbocycles. The average Bonchev–Trinajstić information content (AvgIpc) is 2.90. The van der Waals surface area contributed by atoms with Crippen molar-refractivity contribution in [2.24, 2.45) is 7.05 Å². The van der Waals surface area contributed by atoms with Gasteiger partial charge in [-0.2, -0.15) is 0 Å². The highest BCUT2D eigenvalue weighted by molar-refractivity contribution is 7.15. The highest BCUT2D eigenvalue weighted by atomic mass is 32.1. The van der Waals surface area contributed by atoms with Crippen LogP contribution < -0.4 is 5.32 Å². The Bertz CT molecular complexity index is 491. The highest BCUT2D eigenvalue weighted by Crippen LogP contribution is 2.16. The van der Waals surface area contributed by atoms with Crippen LogP contribution in [0.4, 0.5) is 5.13 Å². The molecule has 6 nitrogen and oxygen atoms in total. The lowest BCUT2D eigenvalue weighted by molar-refractivity contribution is 0.306. The number of hydrogen-bond donors (Lipinski definition) is 1. The second-order valence-electron chi connectivity index (χ2n) is 4.16. The Labute approximate surface area is 111 Å². The average molecular weight is 266 g/mol. The van der Waals surface area contributed by atoms with Crippen LogP contribution in [-0.4, -0.2) is 38.2 Å². The van der Waals surface area contributed by atoms with E-state index in [-0.39, 0.29) is 0 Å². The Hall–Kier alpha value is -1.47. The van der Waals surface area contributed by atoms with Crippen LogP contribution in [0.5, 0.6) is 0 Å². The minimum Gasteiger partial charge on any atom is -0.360 e. The van der Waals surface area contributed by atoms with Crippen LogP contribution in [0, 0.1) is 0 Å². The largest absolute Gasteiger partial charge is 0.360 e. The van der Waals surface area contributed by atoms with Crippen LogP contribution >= 0.6 is 11.3 Å². The summed E-state index contributed by atoms with van der Waals surface area (Å²) >= 11 is 1.60. The van der Waals surface area contributed by atoms with E-state index in [0.29, 0.717) is 0 Å². The summed E-state index contributed by atoms with van der Waals surface area (Å²) < 4.78 is 2.03. The van der Waals surface area contributed by atoms with Gasteiger partial charge in [0.15, 0.2) is 0 Å². The molecule has 2 rings (SSSR count). The molecule has 0 aliphatic rings. The number of anilines is 1. The quantitative estimate of drug-likeness (QED) is 0.855. The lowest BCUT2D eigenvalue weighted by Gasteiger charge is -2.14. The van der Waals surface area contributed by atoms with Crippen LogP contribution in [0.3, 0.4) is 0 Å². The van der Waals surface area contributed by atoms with Gasteiger partial charge in [-0.25, -0.2) is 4.98 Å². The van der Waals surface area contributed by atoms with E-state index in [2.05, 4.69) is 32.4 Å². The molecule has 1 N–H and O–H groups in total. The Kier molecular flexibility index (Phi) is 4.27. The smallest absolute Gasteiger partial charge is 0.205 e. The van der Waals surface area contributed by atoms with Gasteiger partial charge in [0.1, 0.15) is 10.8 Å². The summed E-state index contributed by atoms with van der Waals surface area (Å²) in [5, 5.41) is 13.3. The first-order valence-electron chi connectivity index (χ1n) is 5.90. The van der Waals surface area contributed by atoms with E-state index >= 15 is 0 Å². The first-order valence-corrected chi connectivity index (χ1v) is 6.71. The molecule has 0 aromatic carbocycles. The number of aryl methyl sites for hydroxylation is 1. The first-order chi connectivity index (χ1) is 8.69. The number of rotatable bonds is 6. The minimum atomic E-state index is 0.788. The molecule has 18 heavy (non-hydrogen) atoms. The van der Waals surface area contributed by atoms with E-state index in [9.17, 15) is 0 Å². The fourth-order valence-corrected chi connectivity index (χ4v) is 2.51. The molecule has 0 spiro atoms. The van der Waals surface area contributed by atoms with Gasteiger partial charge in [-0.15, -0.1) is 10.2 Å². The van der Waals surface area contributed by atoms with E-state index in [0.717, 1.165) is 35.6 Å². The topological polar surface area (TPSA) is 58.9 Å². The third-order valence-electron chi connectivity index (χ3n) is 2.53. The van der Waals surface area contributed by atoms with Crippen LogP contribution in [0.25, 0.3) is 0 Å². The molecule has 0 atom stereocenters. The second-order valence-corrected chi connectivity index (χ2v) is 5.22. The predicted octanol–water partition coefficient (Wildman–Crippen LogP) is 1.34. The molecule has 98 valence electrons. The fourth-order valence-electron chi connectivity index (χ4n) is 1.62. The SMILES string of the molecule is CCNc1nnc(CN(C)Cc2nccn2C)s1. The maximum Gasteiger partial charge on any atom is 0.205 e. The molecule has 0 amide bonds. The van der Waals surface area contributed by atoms with Crippen LogP contribution in [0.15, 0.2) is 12.4 Å². The summed E-state index contributed by atoms with van der Waals surface area (Å²) in [6.45, 7) is 4.52. The molecule has 0 radical (unpaired) electrons. The van der Waals surface area contributed by atoms with E-state index < -0.39 is 0 Å². The van der Waals surface area contributed by atoms with Crippen molar-refractivity contribution < 1.29 is 0 Å². The maximum absolute atomic E-state index is 4.31. The van der Waals surface area contributed by atoms with E-state index in [1.165, 1.54) is 0 Å². The molecule has 0 saturated heterocycles. The Morgan fingerprint density at radius 2 is 2.22 bits per heavy atom. The first kappa shape index (κ1) is 13.0. The standard InChI is InChI=1S/C11H18N6S/c1-4-12-11-15-14-10(18-11)8-16(2)7-9-13-5-6-17(9)3/h5-6H,4,7-8H2,1-3H3,(H,12,15). The van der Waals surface area contributed by atoms with Gasteiger partial charge in [0.05, 0.1) is 13.1 Å². The van der Waals surface area contributed by atoms with Crippen molar-refractivity contribution in [3.05, 3.63) is 23.2 Å². The molecular formula is C11H18N6S. The van der Waals surface area contributed by atoms with E-state index in [4.69, 9.17) is 0 Å². The number of aromatic nitrogens is 4. The Morgan fingerprint density at radius 1 is 1.39 bits per heavy atom. The highest BCUT2D eigenvalue weighted by Gasteiger charge is 2.09. The Morgan fingerprint density at radius 3 is 2.89 bits per heavy atom. The number of nitrogens with zero attached hydrogens (tertiary/aromatic N) is 5. The molecule has 2 aromatic heterocycles. The van der Waals surface area contributed by atoms with Crippen LogP contribution in [0.1, 0.15) is 17.8 Å².